The molecule has 0 aliphatic rings. The highest BCUT2D eigenvalue weighted by molar-refractivity contribution is 6.34. The van der Waals surface area contributed by atoms with Crippen LogP contribution in [-0.2, 0) is 0 Å². The molecule has 0 unspecified atom stereocenters. The number of alkyl halides is 3. The van der Waals surface area contributed by atoms with Crippen LogP contribution in [0.2, 0.25) is 5.02 Å². The molecular formula is C10H5ClF4NO4-. The molecule has 1 N–H and O–H groups in total. The van der Waals surface area contributed by atoms with E-state index < -0.39 is 46.9 Å². The van der Waals surface area contributed by atoms with Crippen molar-refractivity contribution >= 4 is 23.7 Å². The van der Waals surface area contributed by atoms with Gasteiger partial charge in [-0.2, -0.15) is 13.2 Å². The normalized spacial score (nSPS) is 11.1. The van der Waals surface area contributed by atoms with Crippen LogP contribution < -0.4 is 15.2 Å². The predicted octanol–water partition coefficient (Wildman–Crippen LogP) is 1.49. The lowest BCUT2D eigenvalue weighted by Crippen LogP contribution is -2.34. The molecule has 110 valence electrons. The quantitative estimate of drug-likeness (QED) is 0.521. The molecule has 0 fully saturated rings. The lowest BCUT2D eigenvalue weighted by molar-refractivity contribution is -0.271. The van der Waals surface area contributed by atoms with Crippen LogP contribution in [0.5, 0.6) is 5.75 Å². The SMILES string of the molecule is O=C([O-])Oc1ccc(Cl)c(C(=O)NCC(F)(F)F)c1F. The molecule has 0 heterocycles. The molecule has 5 nitrogen and oxygen atoms in total. The topological polar surface area (TPSA) is 78.5 Å². The summed E-state index contributed by atoms with van der Waals surface area (Å²) in [4.78, 5) is 21.6. The second-order valence-electron chi connectivity index (χ2n) is 3.38. The third-order valence-electron chi connectivity index (χ3n) is 1.93. The van der Waals surface area contributed by atoms with E-state index in [1.807, 2.05) is 0 Å². The molecule has 0 spiro atoms. The van der Waals surface area contributed by atoms with Crippen molar-refractivity contribution in [2.45, 2.75) is 6.18 Å². The zero-order chi connectivity index (χ0) is 15.5. The van der Waals surface area contributed by atoms with E-state index in [1.165, 1.54) is 5.32 Å². The zero-order valence-electron chi connectivity index (χ0n) is 9.38. The number of carboxylic acid groups (broad SMARTS) is 1. The van der Waals surface area contributed by atoms with Crippen LogP contribution in [0.15, 0.2) is 12.1 Å². The second kappa shape index (κ2) is 5.95. The van der Waals surface area contributed by atoms with Gasteiger partial charge in [0.25, 0.3) is 12.1 Å². The third kappa shape index (κ3) is 4.26. The molecule has 0 saturated carbocycles. The maximum atomic E-state index is 13.7. The third-order valence-corrected chi connectivity index (χ3v) is 2.24. The highest BCUT2D eigenvalue weighted by Crippen LogP contribution is 2.27. The molecule has 0 saturated heterocycles. The van der Waals surface area contributed by atoms with Crippen LogP contribution in [0.4, 0.5) is 22.4 Å². The standard InChI is InChI=1S/C10H6ClF4NO4/c11-4-1-2-5(20-9(18)19)7(12)6(4)8(17)16-3-10(13,14)15/h1-2H,3H2,(H,16,17)(H,18,19)/p-1. The van der Waals surface area contributed by atoms with Crippen molar-refractivity contribution in [1.29, 1.82) is 0 Å². The van der Waals surface area contributed by atoms with Crippen LogP contribution in [0.25, 0.3) is 0 Å². The first kappa shape index (κ1) is 16.0. The Kier molecular flexibility index (Phi) is 4.77. The molecule has 0 aliphatic heterocycles. The number of halogens is 5. The molecular weight excluding hydrogens is 310 g/mol. The van der Waals surface area contributed by atoms with E-state index in [0.29, 0.717) is 0 Å². The molecule has 0 aliphatic carbocycles. The molecule has 0 aromatic heterocycles. The Morgan fingerprint density at radius 3 is 2.45 bits per heavy atom. The molecule has 20 heavy (non-hydrogen) atoms. The van der Waals surface area contributed by atoms with Gasteiger partial charge in [0, 0.05) is 0 Å². The average Bonchev–Trinajstić information content (AvgIpc) is 2.29. The summed E-state index contributed by atoms with van der Waals surface area (Å²) in [7, 11) is 0. The summed E-state index contributed by atoms with van der Waals surface area (Å²) in [5.74, 6) is -3.89. The van der Waals surface area contributed by atoms with Crippen LogP contribution in [-0.4, -0.2) is 24.8 Å². The van der Waals surface area contributed by atoms with Crippen molar-refractivity contribution in [2.75, 3.05) is 6.54 Å². The van der Waals surface area contributed by atoms with Crippen molar-refractivity contribution in [2.24, 2.45) is 0 Å². The van der Waals surface area contributed by atoms with Crippen molar-refractivity contribution in [1.82, 2.24) is 5.32 Å². The van der Waals surface area contributed by atoms with Gasteiger partial charge < -0.3 is 20.0 Å². The highest BCUT2D eigenvalue weighted by Gasteiger charge is 2.29. The van der Waals surface area contributed by atoms with E-state index in [-0.39, 0.29) is 0 Å². The van der Waals surface area contributed by atoms with Gasteiger partial charge in [0.15, 0.2) is 5.82 Å². The molecule has 1 aromatic carbocycles. The van der Waals surface area contributed by atoms with Gasteiger partial charge in [0.2, 0.25) is 0 Å². The summed E-state index contributed by atoms with van der Waals surface area (Å²) in [6.07, 6.45) is -6.80. The van der Waals surface area contributed by atoms with E-state index in [2.05, 4.69) is 4.74 Å². The van der Waals surface area contributed by atoms with E-state index in [1.54, 1.807) is 0 Å². The number of benzene rings is 1. The van der Waals surface area contributed by atoms with E-state index in [0.717, 1.165) is 12.1 Å². The first-order valence-corrected chi connectivity index (χ1v) is 5.21. The number of rotatable bonds is 3. The van der Waals surface area contributed by atoms with Crippen LogP contribution in [0.1, 0.15) is 10.4 Å². The number of hydrogen-bond donors (Lipinski definition) is 1. The highest BCUT2D eigenvalue weighted by atomic mass is 35.5. The zero-order valence-corrected chi connectivity index (χ0v) is 10.1. The summed E-state index contributed by atoms with van der Waals surface area (Å²) in [5.41, 5.74) is -0.963. The fourth-order valence-corrected chi connectivity index (χ4v) is 1.41. The fourth-order valence-electron chi connectivity index (χ4n) is 1.18. The van der Waals surface area contributed by atoms with Crippen molar-refractivity contribution in [3.8, 4) is 5.75 Å². The molecule has 0 bridgehead atoms. The van der Waals surface area contributed by atoms with Crippen molar-refractivity contribution in [3.05, 3.63) is 28.5 Å². The van der Waals surface area contributed by atoms with Gasteiger partial charge in [0.05, 0.1) is 16.3 Å². The smallest absolute Gasteiger partial charge is 0.405 e. The molecule has 0 atom stereocenters. The summed E-state index contributed by atoms with van der Waals surface area (Å²) in [5, 5.41) is 11.0. The lowest BCUT2D eigenvalue weighted by atomic mass is 10.2. The molecule has 10 heteroatoms. The fraction of sp³-hybridized carbons (Fsp3) is 0.200. The Hall–Kier alpha value is -2.03. The maximum absolute atomic E-state index is 13.7. The minimum absolute atomic E-state index is 0.507. The van der Waals surface area contributed by atoms with Gasteiger partial charge in [0.1, 0.15) is 6.54 Å². The maximum Gasteiger partial charge on any atom is 0.405 e. The number of hydrogen-bond acceptors (Lipinski definition) is 4. The number of carbonyl (C=O) groups is 2. The first-order chi connectivity index (χ1) is 9.11. The van der Waals surface area contributed by atoms with Crippen molar-refractivity contribution < 1.29 is 37.0 Å². The van der Waals surface area contributed by atoms with Gasteiger partial charge in [-0.3, -0.25) is 4.79 Å². The minimum Gasteiger partial charge on any atom is -0.511 e. The predicted molar refractivity (Wildman–Crippen MR) is 55.8 cm³/mol. The van der Waals surface area contributed by atoms with Gasteiger partial charge in [-0.25, -0.2) is 4.39 Å². The lowest BCUT2D eigenvalue weighted by Gasteiger charge is -2.14. The van der Waals surface area contributed by atoms with E-state index >= 15 is 0 Å². The van der Waals surface area contributed by atoms with E-state index in [4.69, 9.17) is 11.6 Å². The minimum atomic E-state index is -4.70. The Morgan fingerprint density at radius 2 is 1.95 bits per heavy atom. The molecule has 1 aromatic rings. The van der Waals surface area contributed by atoms with Gasteiger partial charge in [-0.05, 0) is 12.1 Å². The second-order valence-corrected chi connectivity index (χ2v) is 3.79. The summed E-state index contributed by atoms with van der Waals surface area (Å²) in [6, 6.07) is 1.68. The monoisotopic (exact) mass is 314 g/mol. The molecule has 1 rings (SSSR count). The number of nitrogens with one attached hydrogen (secondary N) is 1. The number of carbonyl (C=O) groups excluding carboxylic acids is 2. The van der Waals surface area contributed by atoms with Crippen molar-refractivity contribution in [3.63, 3.8) is 0 Å². The van der Waals surface area contributed by atoms with Crippen LogP contribution in [0.3, 0.4) is 0 Å². The Morgan fingerprint density at radius 1 is 1.35 bits per heavy atom. The first-order valence-electron chi connectivity index (χ1n) is 4.83. The van der Waals surface area contributed by atoms with Gasteiger partial charge >= 0.3 is 6.18 Å². The summed E-state index contributed by atoms with van der Waals surface area (Å²) < 4.78 is 53.4. The van der Waals surface area contributed by atoms with Crippen LogP contribution >= 0.6 is 11.6 Å². The Balaban J connectivity index is 3.04. The average molecular weight is 315 g/mol. The van der Waals surface area contributed by atoms with Gasteiger partial charge in [-0.15, -0.1) is 0 Å². The Bertz CT molecular complexity index is 547. The summed E-state index contributed by atoms with van der Waals surface area (Å²) >= 11 is 5.48. The van der Waals surface area contributed by atoms with Gasteiger partial charge in [-0.1, -0.05) is 11.6 Å². The van der Waals surface area contributed by atoms with E-state index in [9.17, 15) is 32.3 Å². The van der Waals surface area contributed by atoms with Crippen LogP contribution in [0, 0.1) is 5.82 Å². The molecule has 1 amide bonds. The Labute approximate surface area is 114 Å². The number of amides is 1. The largest absolute Gasteiger partial charge is 0.511 e. The summed E-state index contributed by atoms with van der Waals surface area (Å²) in [6.45, 7) is -1.70. The molecule has 0 radical (unpaired) electrons. The number of ether oxygens (including phenoxy) is 1.